The van der Waals surface area contributed by atoms with Gasteiger partial charge in [-0.3, -0.25) is 4.98 Å². The first-order valence-electron chi connectivity index (χ1n) is 7.78. The van der Waals surface area contributed by atoms with E-state index in [1.807, 2.05) is 19.1 Å². The summed E-state index contributed by atoms with van der Waals surface area (Å²) >= 11 is 0. The molecular formula is C16H21N5O2. The van der Waals surface area contributed by atoms with Crippen LogP contribution in [0.5, 0.6) is 11.6 Å². The number of ether oxygens (including phenoxy) is 2. The highest BCUT2D eigenvalue weighted by atomic mass is 16.5. The molecule has 0 amide bonds. The number of pyridine rings is 1. The van der Waals surface area contributed by atoms with Crippen LogP contribution in [0.1, 0.15) is 5.69 Å². The van der Waals surface area contributed by atoms with Crippen LogP contribution in [0, 0.1) is 6.92 Å². The fraction of sp³-hybridized carbons (Fsp3) is 0.438. The van der Waals surface area contributed by atoms with Gasteiger partial charge in [0.1, 0.15) is 19.0 Å². The van der Waals surface area contributed by atoms with Gasteiger partial charge in [0.25, 0.3) is 5.88 Å². The molecule has 2 aromatic heterocycles. The maximum atomic E-state index is 5.77. The molecule has 0 spiro atoms. The van der Waals surface area contributed by atoms with Gasteiger partial charge in [-0.1, -0.05) is 0 Å². The number of aromatic nitrogens is 3. The standard InChI is InChI=1S/C16H21N5O2/c1-13-14(3-2-4-18-13)22-11-12-23-16-15(19-5-6-20-16)21-9-7-17-8-10-21/h2-6,17H,7-12H2,1H3. The molecule has 7 nitrogen and oxygen atoms in total. The van der Waals surface area contributed by atoms with Gasteiger partial charge in [0.2, 0.25) is 0 Å². The normalized spacial score (nSPS) is 14.6. The summed E-state index contributed by atoms with van der Waals surface area (Å²) in [5.41, 5.74) is 0.869. The first-order chi connectivity index (χ1) is 11.3. The molecule has 1 aliphatic rings. The van der Waals surface area contributed by atoms with Gasteiger partial charge in [-0.05, 0) is 19.1 Å². The predicted molar refractivity (Wildman–Crippen MR) is 87.1 cm³/mol. The highest BCUT2D eigenvalue weighted by molar-refractivity contribution is 5.48. The first kappa shape index (κ1) is 15.5. The van der Waals surface area contributed by atoms with Crippen LogP contribution in [0.3, 0.4) is 0 Å². The third-order valence-corrected chi connectivity index (χ3v) is 3.60. The second-order valence-corrected chi connectivity index (χ2v) is 5.21. The fourth-order valence-electron chi connectivity index (χ4n) is 2.43. The molecule has 1 fully saturated rings. The Morgan fingerprint density at radius 1 is 1.04 bits per heavy atom. The maximum absolute atomic E-state index is 5.77. The Balaban J connectivity index is 1.55. The van der Waals surface area contributed by atoms with Crippen molar-refractivity contribution in [2.24, 2.45) is 0 Å². The largest absolute Gasteiger partial charge is 0.488 e. The van der Waals surface area contributed by atoms with Crippen LogP contribution < -0.4 is 19.7 Å². The molecule has 23 heavy (non-hydrogen) atoms. The molecule has 1 saturated heterocycles. The molecule has 0 aromatic carbocycles. The summed E-state index contributed by atoms with van der Waals surface area (Å²) in [6, 6.07) is 3.76. The van der Waals surface area contributed by atoms with Crippen molar-refractivity contribution in [1.82, 2.24) is 20.3 Å². The Labute approximate surface area is 135 Å². The summed E-state index contributed by atoms with van der Waals surface area (Å²) in [7, 11) is 0. The van der Waals surface area contributed by atoms with Crippen LogP contribution in [0.4, 0.5) is 5.82 Å². The highest BCUT2D eigenvalue weighted by Crippen LogP contribution is 2.22. The second kappa shape index (κ2) is 7.73. The predicted octanol–water partition coefficient (Wildman–Crippen LogP) is 1.05. The molecule has 0 radical (unpaired) electrons. The smallest absolute Gasteiger partial charge is 0.257 e. The Bertz CT molecular complexity index is 631. The summed E-state index contributed by atoms with van der Waals surface area (Å²) in [6.07, 6.45) is 5.09. The SMILES string of the molecule is Cc1ncccc1OCCOc1nccnc1N1CCNCC1. The number of nitrogens with zero attached hydrogens (tertiary/aromatic N) is 4. The first-order valence-corrected chi connectivity index (χ1v) is 7.78. The van der Waals surface area contributed by atoms with Gasteiger partial charge in [0.15, 0.2) is 5.82 Å². The minimum Gasteiger partial charge on any atom is -0.488 e. The Morgan fingerprint density at radius 3 is 2.65 bits per heavy atom. The average Bonchev–Trinajstić information content (AvgIpc) is 2.61. The second-order valence-electron chi connectivity index (χ2n) is 5.21. The lowest BCUT2D eigenvalue weighted by molar-refractivity contribution is 0.210. The van der Waals surface area contributed by atoms with Gasteiger partial charge < -0.3 is 19.7 Å². The summed E-state index contributed by atoms with van der Waals surface area (Å²) in [6.45, 7) is 6.46. The number of anilines is 1. The molecule has 7 heteroatoms. The molecule has 122 valence electrons. The topological polar surface area (TPSA) is 72.4 Å². The monoisotopic (exact) mass is 315 g/mol. The van der Waals surface area contributed by atoms with E-state index in [1.165, 1.54) is 0 Å². The van der Waals surface area contributed by atoms with E-state index < -0.39 is 0 Å². The Kier molecular flexibility index (Phi) is 5.21. The van der Waals surface area contributed by atoms with Crippen molar-refractivity contribution in [3.8, 4) is 11.6 Å². The van der Waals surface area contributed by atoms with Crippen molar-refractivity contribution < 1.29 is 9.47 Å². The summed E-state index contributed by atoms with van der Waals surface area (Å²) in [5, 5.41) is 3.32. The van der Waals surface area contributed by atoms with Gasteiger partial charge in [-0.15, -0.1) is 0 Å². The van der Waals surface area contributed by atoms with E-state index in [0.29, 0.717) is 19.1 Å². The third kappa shape index (κ3) is 4.07. The van der Waals surface area contributed by atoms with Gasteiger partial charge in [0.05, 0.1) is 5.69 Å². The number of aryl methyl sites for hydroxylation is 1. The molecule has 1 N–H and O–H groups in total. The van der Waals surface area contributed by atoms with E-state index in [-0.39, 0.29) is 0 Å². The van der Waals surface area contributed by atoms with Crippen molar-refractivity contribution >= 4 is 5.82 Å². The highest BCUT2D eigenvalue weighted by Gasteiger charge is 2.17. The molecule has 3 rings (SSSR count). The molecule has 0 saturated carbocycles. The van der Waals surface area contributed by atoms with E-state index >= 15 is 0 Å². The molecule has 1 aliphatic heterocycles. The maximum Gasteiger partial charge on any atom is 0.257 e. The van der Waals surface area contributed by atoms with Gasteiger partial charge >= 0.3 is 0 Å². The zero-order valence-corrected chi connectivity index (χ0v) is 13.2. The zero-order chi connectivity index (χ0) is 15.9. The summed E-state index contributed by atoms with van der Waals surface area (Å²) in [4.78, 5) is 15.1. The lowest BCUT2D eigenvalue weighted by Gasteiger charge is -2.28. The van der Waals surface area contributed by atoms with E-state index in [4.69, 9.17) is 9.47 Å². The minimum absolute atomic E-state index is 0.409. The van der Waals surface area contributed by atoms with Crippen molar-refractivity contribution in [2.45, 2.75) is 6.92 Å². The molecule has 3 heterocycles. The van der Waals surface area contributed by atoms with Gasteiger partial charge in [0, 0.05) is 44.8 Å². The molecule has 2 aromatic rings. The van der Waals surface area contributed by atoms with Crippen LogP contribution in [-0.4, -0.2) is 54.3 Å². The third-order valence-electron chi connectivity index (χ3n) is 3.60. The van der Waals surface area contributed by atoms with Gasteiger partial charge in [-0.2, -0.15) is 0 Å². The molecule has 0 unspecified atom stereocenters. The number of piperazine rings is 1. The average molecular weight is 315 g/mol. The summed E-state index contributed by atoms with van der Waals surface area (Å²) in [5.74, 6) is 2.13. The minimum atomic E-state index is 0.409. The molecule has 0 bridgehead atoms. The number of hydrogen-bond donors (Lipinski definition) is 1. The molecular weight excluding hydrogens is 294 g/mol. The Morgan fingerprint density at radius 2 is 1.83 bits per heavy atom. The molecule has 0 aliphatic carbocycles. The fourth-order valence-corrected chi connectivity index (χ4v) is 2.43. The zero-order valence-electron chi connectivity index (χ0n) is 13.2. The van der Waals surface area contributed by atoms with Crippen molar-refractivity contribution in [3.05, 3.63) is 36.4 Å². The van der Waals surface area contributed by atoms with Crippen molar-refractivity contribution in [1.29, 1.82) is 0 Å². The summed E-state index contributed by atoms with van der Waals surface area (Å²) < 4.78 is 11.5. The Hall–Kier alpha value is -2.41. The number of hydrogen-bond acceptors (Lipinski definition) is 7. The number of rotatable bonds is 6. The van der Waals surface area contributed by atoms with E-state index in [0.717, 1.165) is 43.4 Å². The lowest BCUT2D eigenvalue weighted by atomic mass is 10.3. The molecule has 0 atom stereocenters. The van der Waals surface area contributed by atoms with Crippen LogP contribution in [0.15, 0.2) is 30.7 Å². The van der Waals surface area contributed by atoms with Crippen LogP contribution in [-0.2, 0) is 0 Å². The lowest BCUT2D eigenvalue weighted by Crippen LogP contribution is -2.44. The van der Waals surface area contributed by atoms with Crippen LogP contribution in [0.2, 0.25) is 0 Å². The number of nitrogens with one attached hydrogen (secondary N) is 1. The van der Waals surface area contributed by atoms with E-state index in [9.17, 15) is 0 Å². The van der Waals surface area contributed by atoms with Crippen LogP contribution >= 0.6 is 0 Å². The van der Waals surface area contributed by atoms with E-state index in [1.54, 1.807) is 18.6 Å². The van der Waals surface area contributed by atoms with Crippen molar-refractivity contribution in [2.75, 3.05) is 44.3 Å². The van der Waals surface area contributed by atoms with E-state index in [2.05, 4.69) is 25.2 Å². The van der Waals surface area contributed by atoms with Crippen molar-refractivity contribution in [3.63, 3.8) is 0 Å². The van der Waals surface area contributed by atoms with Crippen LogP contribution in [0.25, 0.3) is 0 Å². The quantitative estimate of drug-likeness (QED) is 0.799. The van der Waals surface area contributed by atoms with Gasteiger partial charge in [-0.25, -0.2) is 9.97 Å².